The van der Waals surface area contributed by atoms with E-state index in [1.807, 2.05) is 72.8 Å². The molecule has 0 radical (unpaired) electrons. The molecule has 37 heavy (non-hydrogen) atoms. The van der Waals surface area contributed by atoms with E-state index in [2.05, 4.69) is 16.0 Å². The molecule has 3 aromatic carbocycles. The van der Waals surface area contributed by atoms with Gasteiger partial charge in [-0.3, -0.25) is 0 Å². The number of methoxy groups -OCH3 is 1. The number of nitrogens with two attached hydrogens (primary N) is 1. The van der Waals surface area contributed by atoms with Gasteiger partial charge in [0.2, 0.25) is 0 Å². The number of nitrogens with zero attached hydrogens (tertiary/aromatic N) is 1. The number of carbonyl (C=O) groups is 2. The van der Waals surface area contributed by atoms with Gasteiger partial charge in [0.25, 0.3) is 0 Å². The summed E-state index contributed by atoms with van der Waals surface area (Å²) in [6.07, 6.45) is 3.66. The van der Waals surface area contributed by atoms with E-state index in [9.17, 15) is 9.59 Å². The summed E-state index contributed by atoms with van der Waals surface area (Å²) >= 11 is 0. The van der Waals surface area contributed by atoms with Gasteiger partial charge in [-0.15, -0.1) is 0 Å². The van der Waals surface area contributed by atoms with Gasteiger partial charge in [-0.05, 0) is 59.9 Å². The van der Waals surface area contributed by atoms with E-state index in [0.29, 0.717) is 12.2 Å². The van der Waals surface area contributed by atoms with Gasteiger partial charge in [0.15, 0.2) is 12.4 Å². The Morgan fingerprint density at radius 2 is 1.62 bits per heavy atom. The predicted molar refractivity (Wildman–Crippen MR) is 141 cm³/mol. The van der Waals surface area contributed by atoms with Crippen LogP contribution in [0, 0.1) is 0 Å². The Hall–Kier alpha value is -4.13. The molecule has 2 N–H and O–H groups in total. The van der Waals surface area contributed by atoms with Crippen LogP contribution in [0.3, 0.4) is 0 Å². The SMILES string of the molecule is COC(=O)COc1cccc2c1CCCC2CCC(=O)O/N=C(\N)C(c1ccccc1)c1ccccc1. The lowest BCUT2D eigenvalue weighted by Gasteiger charge is -2.27. The summed E-state index contributed by atoms with van der Waals surface area (Å²) in [5.74, 6) is -0.0477. The molecule has 4 rings (SSSR count). The normalized spacial score (nSPS) is 15.1. The number of carbonyl (C=O) groups excluding carboxylic acids is 2. The lowest BCUT2D eigenvalue weighted by molar-refractivity contribution is -0.144. The van der Waals surface area contributed by atoms with Crippen LogP contribution in [0.25, 0.3) is 0 Å². The van der Waals surface area contributed by atoms with E-state index in [0.717, 1.165) is 41.5 Å². The Morgan fingerprint density at radius 1 is 0.946 bits per heavy atom. The number of esters is 1. The fourth-order valence-electron chi connectivity index (χ4n) is 4.86. The maximum atomic E-state index is 12.6. The lowest BCUT2D eigenvalue weighted by Crippen LogP contribution is -2.24. The zero-order chi connectivity index (χ0) is 26.0. The largest absolute Gasteiger partial charge is 0.482 e. The fraction of sp³-hybridized carbons (Fsp3) is 0.300. The van der Waals surface area contributed by atoms with Crippen LogP contribution >= 0.6 is 0 Å². The number of rotatable bonds is 10. The van der Waals surface area contributed by atoms with Crippen molar-refractivity contribution < 1.29 is 23.9 Å². The van der Waals surface area contributed by atoms with Crippen molar-refractivity contribution in [3.63, 3.8) is 0 Å². The van der Waals surface area contributed by atoms with Crippen molar-refractivity contribution in [1.29, 1.82) is 0 Å². The van der Waals surface area contributed by atoms with Crippen LogP contribution in [0.4, 0.5) is 0 Å². The van der Waals surface area contributed by atoms with Crippen LogP contribution in [-0.4, -0.2) is 31.5 Å². The molecule has 0 amide bonds. The number of amidine groups is 1. The first-order valence-electron chi connectivity index (χ1n) is 12.5. The molecule has 0 aromatic heterocycles. The molecule has 1 aliphatic carbocycles. The Morgan fingerprint density at radius 3 is 2.27 bits per heavy atom. The summed E-state index contributed by atoms with van der Waals surface area (Å²) in [6.45, 7) is -0.129. The molecule has 7 heteroatoms. The average Bonchev–Trinajstić information content (AvgIpc) is 2.94. The second kappa shape index (κ2) is 12.7. The minimum Gasteiger partial charge on any atom is -0.482 e. The minimum atomic E-state index is -0.423. The van der Waals surface area contributed by atoms with E-state index in [1.165, 1.54) is 7.11 Å². The topological polar surface area (TPSA) is 100 Å². The molecular formula is C30H32N2O5. The second-order valence-electron chi connectivity index (χ2n) is 9.05. The van der Waals surface area contributed by atoms with Gasteiger partial charge in [0.1, 0.15) is 5.75 Å². The molecule has 0 spiro atoms. The molecule has 192 valence electrons. The zero-order valence-electron chi connectivity index (χ0n) is 21.0. The van der Waals surface area contributed by atoms with Crippen LogP contribution in [0.2, 0.25) is 0 Å². The average molecular weight is 501 g/mol. The summed E-state index contributed by atoms with van der Waals surface area (Å²) in [6, 6.07) is 25.4. The van der Waals surface area contributed by atoms with E-state index in [1.54, 1.807) is 0 Å². The molecule has 0 fully saturated rings. The molecule has 0 aliphatic heterocycles. The Bertz CT molecular complexity index is 1190. The molecule has 0 saturated carbocycles. The van der Waals surface area contributed by atoms with Gasteiger partial charge < -0.3 is 20.0 Å². The summed E-state index contributed by atoms with van der Waals surface area (Å²) < 4.78 is 10.4. The highest BCUT2D eigenvalue weighted by Gasteiger charge is 2.25. The van der Waals surface area contributed by atoms with Crippen LogP contribution in [-0.2, 0) is 25.6 Å². The predicted octanol–water partition coefficient (Wildman–Crippen LogP) is 5.09. The van der Waals surface area contributed by atoms with Gasteiger partial charge in [-0.1, -0.05) is 78.0 Å². The van der Waals surface area contributed by atoms with Gasteiger partial charge in [-0.2, -0.15) is 0 Å². The van der Waals surface area contributed by atoms with Crippen molar-refractivity contribution in [2.45, 2.75) is 43.9 Å². The van der Waals surface area contributed by atoms with E-state index in [4.69, 9.17) is 15.3 Å². The first-order chi connectivity index (χ1) is 18.1. The van der Waals surface area contributed by atoms with Crippen LogP contribution in [0.15, 0.2) is 84.0 Å². The van der Waals surface area contributed by atoms with Crippen LogP contribution in [0.5, 0.6) is 5.75 Å². The summed E-state index contributed by atoms with van der Waals surface area (Å²) in [5.41, 5.74) is 10.5. The molecule has 1 atom stereocenters. The number of oxime groups is 1. The van der Waals surface area contributed by atoms with Crippen LogP contribution in [0.1, 0.15) is 59.8 Å². The number of benzene rings is 3. The first-order valence-corrected chi connectivity index (χ1v) is 12.5. The van der Waals surface area contributed by atoms with Gasteiger partial charge in [-0.25, -0.2) is 9.59 Å². The van der Waals surface area contributed by atoms with E-state index < -0.39 is 11.9 Å². The molecule has 7 nitrogen and oxygen atoms in total. The first kappa shape index (κ1) is 25.9. The quantitative estimate of drug-likeness (QED) is 0.137. The highest BCUT2D eigenvalue weighted by molar-refractivity contribution is 5.90. The highest BCUT2D eigenvalue weighted by atomic mass is 16.7. The maximum absolute atomic E-state index is 12.6. The van der Waals surface area contributed by atoms with Crippen molar-refractivity contribution in [2.75, 3.05) is 13.7 Å². The molecule has 0 saturated heterocycles. The molecular weight excluding hydrogens is 468 g/mol. The Labute approximate surface area is 217 Å². The van der Waals surface area contributed by atoms with Gasteiger partial charge in [0, 0.05) is 6.42 Å². The standard InChI is InChI=1S/C30H32N2O5/c1-35-28(34)20-36-26-17-9-15-24-21(14-8-16-25(24)26)18-19-27(33)37-32-30(31)29(22-10-4-2-5-11-22)23-12-6-3-7-13-23/h2-7,9-13,15,17,21,29H,8,14,16,18-20H2,1H3,(H2,31,32). The molecule has 1 unspecified atom stereocenters. The van der Waals surface area contributed by atoms with E-state index >= 15 is 0 Å². The molecule has 1 aliphatic rings. The number of hydrogen-bond acceptors (Lipinski definition) is 6. The van der Waals surface area contributed by atoms with Gasteiger partial charge in [0.05, 0.1) is 13.0 Å². The van der Waals surface area contributed by atoms with Gasteiger partial charge >= 0.3 is 11.9 Å². The lowest BCUT2D eigenvalue weighted by atomic mass is 9.80. The number of hydrogen-bond donors (Lipinski definition) is 1. The van der Waals surface area contributed by atoms with Crippen molar-refractivity contribution >= 4 is 17.8 Å². The Kier molecular flexibility index (Phi) is 8.92. The summed E-state index contributed by atoms with van der Waals surface area (Å²) in [5, 5.41) is 4.03. The van der Waals surface area contributed by atoms with Crippen LogP contribution < -0.4 is 10.5 Å². The third-order valence-electron chi connectivity index (χ3n) is 6.67. The van der Waals surface area contributed by atoms with Crippen molar-refractivity contribution in [3.8, 4) is 5.75 Å². The minimum absolute atomic E-state index is 0.129. The zero-order valence-corrected chi connectivity index (χ0v) is 21.0. The second-order valence-corrected chi connectivity index (χ2v) is 9.05. The molecule has 0 heterocycles. The third-order valence-corrected chi connectivity index (χ3v) is 6.67. The summed E-state index contributed by atoms with van der Waals surface area (Å²) in [4.78, 5) is 29.4. The van der Waals surface area contributed by atoms with Crippen molar-refractivity contribution in [2.24, 2.45) is 10.9 Å². The highest BCUT2D eigenvalue weighted by Crippen LogP contribution is 2.39. The molecule has 3 aromatic rings. The van der Waals surface area contributed by atoms with E-state index in [-0.39, 0.29) is 30.7 Å². The Balaban J connectivity index is 1.40. The van der Waals surface area contributed by atoms with Crippen molar-refractivity contribution in [3.05, 3.63) is 101 Å². The molecule has 0 bridgehead atoms. The third kappa shape index (κ3) is 6.76. The monoisotopic (exact) mass is 500 g/mol. The van der Waals surface area contributed by atoms with Crippen molar-refractivity contribution in [1.82, 2.24) is 0 Å². The number of ether oxygens (including phenoxy) is 2. The number of fused-ring (bicyclic) bond motifs is 1. The smallest absolute Gasteiger partial charge is 0.343 e. The maximum Gasteiger partial charge on any atom is 0.343 e. The fourth-order valence-corrected chi connectivity index (χ4v) is 4.86. The summed E-state index contributed by atoms with van der Waals surface area (Å²) in [7, 11) is 1.34.